The van der Waals surface area contributed by atoms with Crippen molar-refractivity contribution in [2.24, 2.45) is 5.73 Å². The van der Waals surface area contributed by atoms with Crippen LogP contribution in [0.2, 0.25) is 0 Å². The van der Waals surface area contributed by atoms with Crippen molar-refractivity contribution >= 4 is 0 Å². The fraction of sp³-hybridized carbons (Fsp3) is 0.615. The maximum absolute atomic E-state index is 6.16. The molecule has 1 fully saturated rings. The largest absolute Gasteiger partial charge is 0.378 e. The third-order valence-corrected chi connectivity index (χ3v) is 3.17. The normalized spacial score (nSPS) is 22.2. The number of pyridine rings is 1. The molecule has 0 spiro atoms. The van der Waals surface area contributed by atoms with E-state index in [9.17, 15) is 0 Å². The summed E-state index contributed by atoms with van der Waals surface area (Å²) in [4.78, 5) is 4.18. The number of hydrogen-bond donors (Lipinski definition) is 1. The summed E-state index contributed by atoms with van der Waals surface area (Å²) in [5.41, 5.74) is 8.38. The van der Waals surface area contributed by atoms with Gasteiger partial charge in [-0.1, -0.05) is 0 Å². The van der Waals surface area contributed by atoms with Gasteiger partial charge in [-0.25, -0.2) is 0 Å². The average Bonchev–Trinajstić information content (AvgIpc) is 2.78. The molecule has 0 radical (unpaired) electrons. The lowest BCUT2D eigenvalue weighted by Gasteiger charge is -2.15. The van der Waals surface area contributed by atoms with E-state index in [0.29, 0.717) is 6.10 Å². The topological polar surface area (TPSA) is 48.1 Å². The first-order valence-corrected chi connectivity index (χ1v) is 6.05. The second-order valence-electron chi connectivity index (χ2n) is 4.55. The SMILES string of the molecule is Cc1cc(C(N)CCC2CCCO2)ccn1. The van der Waals surface area contributed by atoms with E-state index in [-0.39, 0.29) is 6.04 Å². The molecule has 1 aliphatic heterocycles. The molecule has 1 saturated heterocycles. The molecule has 0 saturated carbocycles. The van der Waals surface area contributed by atoms with Crippen LogP contribution in [0.5, 0.6) is 0 Å². The molecule has 2 N–H and O–H groups in total. The van der Waals surface area contributed by atoms with Gasteiger partial charge in [0.25, 0.3) is 0 Å². The highest BCUT2D eigenvalue weighted by atomic mass is 16.5. The maximum Gasteiger partial charge on any atom is 0.0576 e. The fourth-order valence-electron chi connectivity index (χ4n) is 2.20. The first-order chi connectivity index (χ1) is 7.75. The zero-order valence-electron chi connectivity index (χ0n) is 9.86. The zero-order chi connectivity index (χ0) is 11.4. The Morgan fingerprint density at radius 2 is 2.50 bits per heavy atom. The lowest BCUT2D eigenvalue weighted by molar-refractivity contribution is 0.101. The Morgan fingerprint density at radius 1 is 1.62 bits per heavy atom. The van der Waals surface area contributed by atoms with Crippen molar-refractivity contribution in [3.05, 3.63) is 29.6 Å². The quantitative estimate of drug-likeness (QED) is 0.847. The monoisotopic (exact) mass is 220 g/mol. The Balaban J connectivity index is 1.85. The predicted molar refractivity (Wildman–Crippen MR) is 64.1 cm³/mol. The Hall–Kier alpha value is -0.930. The third kappa shape index (κ3) is 3.03. The third-order valence-electron chi connectivity index (χ3n) is 3.17. The Bertz CT molecular complexity index is 334. The van der Waals surface area contributed by atoms with Gasteiger partial charge in [-0.3, -0.25) is 4.98 Å². The van der Waals surface area contributed by atoms with Gasteiger partial charge in [0.2, 0.25) is 0 Å². The van der Waals surface area contributed by atoms with Gasteiger partial charge in [0.1, 0.15) is 0 Å². The van der Waals surface area contributed by atoms with Gasteiger partial charge < -0.3 is 10.5 Å². The molecule has 0 aromatic carbocycles. The second-order valence-corrected chi connectivity index (χ2v) is 4.55. The Labute approximate surface area is 97.0 Å². The summed E-state index contributed by atoms with van der Waals surface area (Å²) >= 11 is 0. The van der Waals surface area contributed by atoms with Crippen LogP contribution in [0.15, 0.2) is 18.3 Å². The van der Waals surface area contributed by atoms with Crippen LogP contribution >= 0.6 is 0 Å². The molecule has 2 unspecified atom stereocenters. The van der Waals surface area contributed by atoms with E-state index in [1.165, 1.54) is 18.4 Å². The Morgan fingerprint density at radius 3 is 3.19 bits per heavy atom. The van der Waals surface area contributed by atoms with Gasteiger partial charge in [0.05, 0.1) is 6.10 Å². The summed E-state index contributed by atoms with van der Waals surface area (Å²) in [6, 6.07) is 4.19. The van der Waals surface area contributed by atoms with Gasteiger partial charge in [0.15, 0.2) is 0 Å². The standard InChI is InChI=1S/C13H20N2O/c1-10-9-11(6-7-15-10)13(14)5-4-12-3-2-8-16-12/h6-7,9,12-13H,2-5,8,14H2,1H3. The highest BCUT2D eigenvalue weighted by Crippen LogP contribution is 2.22. The molecular formula is C13H20N2O. The van der Waals surface area contributed by atoms with E-state index in [1.54, 1.807) is 0 Å². The molecule has 2 atom stereocenters. The summed E-state index contributed by atoms with van der Waals surface area (Å²) in [5, 5.41) is 0. The van der Waals surface area contributed by atoms with E-state index in [4.69, 9.17) is 10.5 Å². The van der Waals surface area contributed by atoms with Gasteiger partial charge in [-0.2, -0.15) is 0 Å². The van der Waals surface area contributed by atoms with E-state index in [0.717, 1.165) is 25.1 Å². The molecule has 0 amide bonds. The molecule has 88 valence electrons. The molecule has 1 aromatic heterocycles. The number of nitrogens with zero attached hydrogens (tertiary/aromatic N) is 1. The van der Waals surface area contributed by atoms with Crippen molar-refractivity contribution in [2.75, 3.05) is 6.61 Å². The molecule has 2 heterocycles. The van der Waals surface area contributed by atoms with E-state index in [1.807, 2.05) is 19.2 Å². The first-order valence-electron chi connectivity index (χ1n) is 6.05. The molecule has 1 aliphatic rings. The van der Waals surface area contributed by atoms with Crippen molar-refractivity contribution in [3.63, 3.8) is 0 Å². The van der Waals surface area contributed by atoms with E-state index < -0.39 is 0 Å². The predicted octanol–water partition coefficient (Wildman–Crippen LogP) is 2.35. The maximum atomic E-state index is 6.16. The van der Waals surface area contributed by atoms with Crippen LogP contribution in [0, 0.1) is 6.92 Å². The van der Waals surface area contributed by atoms with E-state index >= 15 is 0 Å². The number of aromatic nitrogens is 1. The van der Waals surface area contributed by atoms with Gasteiger partial charge in [-0.15, -0.1) is 0 Å². The van der Waals surface area contributed by atoms with Crippen molar-refractivity contribution in [1.29, 1.82) is 0 Å². The van der Waals surface area contributed by atoms with Crippen molar-refractivity contribution < 1.29 is 4.74 Å². The lowest BCUT2D eigenvalue weighted by atomic mass is 10.0. The minimum Gasteiger partial charge on any atom is -0.378 e. The second kappa shape index (κ2) is 5.41. The van der Waals surface area contributed by atoms with E-state index in [2.05, 4.69) is 11.1 Å². The summed E-state index contributed by atoms with van der Waals surface area (Å²) < 4.78 is 5.60. The summed E-state index contributed by atoms with van der Waals surface area (Å²) in [7, 11) is 0. The molecule has 0 aliphatic carbocycles. The summed E-state index contributed by atoms with van der Waals surface area (Å²) in [5.74, 6) is 0. The van der Waals surface area contributed by atoms with Crippen LogP contribution in [0.3, 0.4) is 0 Å². The fourth-order valence-corrected chi connectivity index (χ4v) is 2.20. The average molecular weight is 220 g/mol. The number of aryl methyl sites for hydroxylation is 1. The number of nitrogens with two attached hydrogens (primary N) is 1. The summed E-state index contributed by atoms with van der Waals surface area (Å²) in [6.07, 6.45) is 6.73. The van der Waals surface area contributed by atoms with Gasteiger partial charge >= 0.3 is 0 Å². The highest BCUT2D eigenvalue weighted by Gasteiger charge is 2.17. The lowest BCUT2D eigenvalue weighted by Crippen LogP contribution is -2.14. The molecule has 2 rings (SSSR count). The first kappa shape index (κ1) is 11.6. The van der Waals surface area contributed by atoms with Crippen LogP contribution in [0.4, 0.5) is 0 Å². The number of ether oxygens (including phenoxy) is 1. The van der Waals surface area contributed by atoms with Gasteiger partial charge in [0, 0.05) is 24.5 Å². The minimum absolute atomic E-state index is 0.117. The van der Waals surface area contributed by atoms with Crippen LogP contribution in [-0.2, 0) is 4.74 Å². The Kier molecular flexibility index (Phi) is 3.91. The molecule has 3 heteroatoms. The summed E-state index contributed by atoms with van der Waals surface area (Å²) in [6.45, 7) is 2.92. The molecule has 3 nitrogen and oxygen atoms in total. The molecule has 1 aromatic rings. The molecular weight excluding hydrogens is 200 g/mol. The smallest absolute Gasteiger partial charge is 0.0576 e. The molecule has 0 bridgehead atoms. The minimum atomic E-state index is 0.117. The van der Waals surface area contributed by atoms with Gasteiger partial charge in [-0.05, 0) is 50.3 Å². The van der Waals surface area contributed by atoms with Crippen LogP contribution < -0.4 is 5.73 Å². The molecule has 16 heavy (non-hydrogen) atoms. The van der Waals surface area contributed by atoms with Crippen molar-refractivity contribution in [1.82, 2.24) is 4.98 Å². The number of rotatable bonds is 4. The van der Waals surface area contributed by atoms with Crippen LogP contribution in [0.25, 0.3) is 0 Å². The van der Waals surface area contributed by atoms with Crippen LogP contribution in [0.1, 0.15) is 43.0 Å². The van der Waals surface area contributed by atoms with Crippen molar-refractivity contribution in [2.45, 2.75) is 44.8 Å². The number of hydrogen-bond acceptors (Lipinski definition) is 3. The van der Waals surface area contributed by atoms with Crippen molar-refractivity contribution in [3.8, 4) is 0 Å². The zero-order valence-corrected chi connectivity index (χ0v) is 9.86. The van der Waals surface area contributed by atoms with Crippen LogP contribution in [-0.4, -0.2) is 17.7 Å². The highest BCUT2D eigenvalue weighted by molar-refractivity contribution is 5.18.